The Kier molecular flexibility index (Phi) is 4.36. The van der Waals surface area contributed by atoms with Crippen LogP contribution < -0.4 is 10.2 Å². The van der Waals surface area contributed by atoms with Gasteiger partial charge >= 0.3 is 0 Å². The number of hydrogen-bond acceptors (Lipinski definition) is 3. The highest BCUT2D eigenvalue weighted by atomic mass is 16.5. The number of fused-ring (bicyclic) bond motifs is 1. The van der Waals surface area contributed by atoms with Crippen molar-refractivity contribution in [2.75, 3.05) is 37.7 Å². The van der Waals surface area contributed by atoms with Gasteiger partial charge in [-0.25, -0.2) is 0 Å². The molecule has 1 aromatic carbocycles. The first kappa shape index (κ1) is 12.9. The van der Waals surface area contributed by atoms with E-state index in [9.17, 15) is 0 Å². The molecule has 104 valence electrons. The van der Waals surface area contributed by atoms with Crippen LogP contribution in [0.25, 0.3) is 0 Å². The van der Waals surface area contributed by atoms with E-state index in [0.717, 1.165) is 19.8 Å². The molecule has 0 atom stereocenters. The molecule has 0 saturated carbocycles. The maximum absolute atomic E-state index is 5.38. The molecule has 3 nitrogen and oxygen atoms in total. The average Bonchev–Trinajstić information content (AvgIpc) is 2.88. The molecule has 1 aromatic rings. The Morgan fingerprint density at radius 2 is 2.05 bits per heavy atom. The zero-order valence-corrected chi connectivity index (χ0v) is 11.6. The predicted molar refractivity (Wildman–Crippen MR) is 78.8 cm³/mol. The van der Waals surface area contributed by atoms with Gasteiger partial charge in [-0.2, -0.15) is 0 Å². The van der Waals surface area contributed by atoms with Gasteiger partial charge in [-0.3, -0.25) is 0 Å². The predicted octanol–water partition coefficient (Wildman–Crippen LogP) is 2.21. The van der Waals surface area contributed by atoms with Crippen LogP contribution in [0, 0.1) is 0 Å². The standard InChI is InChI=1S/C16H24N2O/c1-2-5-16-14(4-1)6-11-18(16)10-3-9-17-15-7-12-19-13-8-15/h1-2,4-5,15,17H,3,6-13H2. The lowest BCUT2D eigenvalue weighted by Crippen LogP contribution is -2.36. The lowest BCUT2D eigenvalue weighted by Gasteiger charge is -2.24. The molecule has 0 amide bonds. The van der Waals surface area contributed by atoms with Gasteiger partial charge in [0, 0.05) is 38.0 Å². The minimum atomic E-state index is 0.680. The lowest BCUT2D eigenvalue weighted by atomic mass is 10.1. The summed E-state index contributed by atoms with van der Waals surface area (Å²) >= 11 is 0. The zero-order valence-electron chi connectivity index (χ0n) is 11.6. The molecule has 0 aromatic heterocycles. The molecule has 1 N–H and O–H groups in total. The summed E-state index contributed by atoms with van der Waals surface area (Å²) in [7, 11) is 0. The first-order chi connectivity index (χ1) is 9.43. The number of ether oxygens (including phenoxy) is 1. The average molecular weight is 260 g/mol. The molecule has 3 heteroatoms. The number of benzene rings is 1. The molecule has 3 rings (SSSR count). The van der Waals surface area contributed by atoms with Crippen LogP contribution in [0.1, 0.15) is 24.8 Å². The van der Waals surface area contributed by atoms with Gasteiger partial charge in [0.05, 0.1) is 0 Å². The monoisotopic (exact) mass is 260 g/mol. The SMILES string of the molecule is c1ccc2c(c1)CCN2CCCNC1CCOCC1. The van der Waals surface area contributed by atoms with Gasteiger partial charge in [0.1, 0.15) is 0 Å². The van der Waals surface area contributed by atoms with E-state index in [1.165, 1.54) is 50.0 Å². The maximum atomic E-state index is 5.38. The maximum Gasteiger partial charge on any atom is 0.0480 e. The second kappa shape index (κ2) is 6.40. The minimum Gasteiger partial charge on any atom is -0.381 e. The molecular weight excluding hydrogens is 236 g/mol. The minimum absolute atomic E-state index is 0.680. The topological polar surface area (TPSA) is 24.5 Å². The highest BCUT2D eigenvalue weighted by molar-refractivity contribution is 5.57. The van der Waals surface area contributed by atoms with E-state index in [-0.39, 0.29) is 0 Å². The van der Waals surface area contributed by atoms with E-state index < -0.39 is 0 Å². The van der Waals surface area contributed by atoms with E-state index in [1.54, 1.807) is 0 Å². The second-order valence-electron chi connectivity index (χ2n) is 5.56. The van der Waals surface area contributed by atoms with Crippen molar-refractivity contribution < 1.29 is 4.74 Å². The van der Waals surface area contributed by atoms with Crippen LogP contribution in [0.15, 0.2) is 24.3 Å². The molecule has 2 heterocycles. The summed E-state index contributed by atoms with van der Waals surface area (Å²) in [6.07, 6.45) is 4.79. The number of hydrogen-bond donors (Lipinski definition) is 1. The Morgan fingerprint density at radius 1 is 1.21 bits per heavy atom. The number of anilines is 1. The Morgan fingerprint density at radius 3 is 2.95 bits per heavy atom. The van der Waals surface area contributed by atoms with Gasteiger partial charge in [-0.05, 0) is 43.9 Å². The van der Waals surface area contributed by atoms with E-state index >= 15 is 0 Å². The molecule has 0 unspecified atom stereocenters. The summed E-state index contributed by atoms with van der Waals surface area (Å²) in [6.45, 7) is 5.35. The number of nitrogens with one attached hydrogen (secondary N) is 1. The second-order valence-corrected chi connectivity index (χ2v) is 5.56. The summed E-state index contributed by atoms with van der Waals surface area (Å²) in [6, 6.07) is 9.50. The largest absolute Gasteiger partial charge is 0.381 e. The molecular formula is C16H24N2O. The summed E-state index contributed by atoms with van der Waals surface area (Å²) in [4.78, 5) is 2.53. The van der Waals surface area contributed by atoms with Crippen LogP contribution >= 0.6 is 0 Å². The highest BCUT2D eigenvalue weighted by Crippen LogP contribution is 2.27. The van der Waals surface area contributed by atoms with Crippen LogP contribution in [-0.4, -0.2) is 38.9 Å². The summed E-state index contributed by atoms with van der Waals surface area (Å²) in [5.41, 5.74) is 2.97. The van der Waals surface area contributed by atoms with Crippen molar-refractivity contribution in [3.8, 4) is 0 Å². The normalized spacial score (nSPS) is 19.7. The Hall–Kier alpha value is -1.06. The summed E-state index contributed by atoms with van der Waals surface area (Å²) < 4.78 is 5.38. The Bertz CT molecular complexity index is 401. The fourth-order valence-corrected chi connectivity index (χ4v) is 3.12. The van der Waals surface area contributed by atoms with E-state index in [4.69, 9.17) is 4.74 Å². The number of nitrogens with zero attached hydrogens (tertiary/aromatic N) is 1. The third-order valence-electron chi connectivity index (χ3n) is 4.24. The van der Waals surface area contributed by atoms with Crippen molar-refractivity contribution in [3.05, 3.63) is 29.8 Å². The van der Waals surface area contributed by atoms with Crippen molar-refractivity contribution in [2.24, 2.45) is 0 Å². The van der Waals surface area contributed by atoms with Gasteiger partial charge < -0.3 is 15.0 Å². The van der Waals surface area contributed by atoms with Gasteiger partial charge in [0.2, 0.25) is 0 Å². The zero-order chi connectivity index (χ0) is 12.9. The van der Waals surface area contributed by atoms with Crippen LogP contribution in [0.5, 0.6) is 0 Å². The van der Waals surface area contributed by atoms with Crippen LogP contribution in [0.2, 0.25) is 0 Å². The van der Waals surface area contributed by atoms with E-state index in [1.807, 2.05) is 0 Å². The molecule has 0 radical (unpaired) electrons. The van der Waals surface area contributed by atoms with Crippen molar-refractivity contribution in [1.82, 2.24) is 5.32 Å². The number of para-hydroxylation sites is 1. The molecule has 1 saturated heterocycles. The van der Waals surface area contributed by atoms with Crippen molar-refractivity contribution in [3.63, 3.8) is 0 Å². The fourth-order valence-electron chi connectivity index (χ4n) is 3.12. The van der Waals surface area contributed by atoms with Gasteiger partial charge in [0.25, 0.3) is 0 Å². The van der Waals surface area contributed by atoms with Crippen LogP contribution in [0.4, 0.5) is 5.69 Å². The van der Waals surface area contributed by atoms with Crippen molar-refractivity contribution >= 4 is 5.69 Å². The smallest absolute Gasteiger partial charge is 0.0480 e. The molecule has 19 heavy (non-hydrogen) atoms. The molecule has 0 aliphatic carbocycles. The third-order valence-corrected chi connectivity index (χ3v) is 4.24. The van der Waals surface area contributed by atoms with Gasteiger partial charge in [0.15, 0.2) is 0 Å². The van der Waals surface area contributed by atoms with Crippen molar-refractivity contribution in [2.45, 2.75) is 31.7 Å². The Labute approximate surface area is 115 Å². The highest BCUT2D eigenvalue weighted by Gasteiger charge is 2.17. The first-order valence-corrected chi connectivity index (χ1v) is 7.57. The quantitative estimate of drug-likeness (QED) is 0.822. The summed E-state index contributed by atoms with van der Waals surface area (Å²) in [5.74, 6) is 0. The van der Waals surface area contributed by atoms with Gasteiger partial charge in [-0.15, -0.1) is 0 Å². The van der Waals surface area contributed by atoms with E-state index in [0.29, 0.717) is 6.04 Å². The van der Waals surface area contributed by atoms with Crippen LogP contribution in [0.3, 0.4) is 0 Å². The lowest BCUT2D eigenvalue weighted by molar-refractivity contribution is 0.0781. The molecule has 2 aliphatic rings. The fraction of sp³-hybridized carbons (Fsp3) is 0.625. The first-order valence-electron chi connectivity index (χ1n) is 7.57. The van der Waals surface area contributed by atoms with Crippen LogP contribution in [-0.2, 0) is 11.2 Å². The molecule has 2 aliphatic heterocycles. The molecule has 0 bridgehead atoms. The molecule has 0 spiro atoms. The van der Waals surface area contributed by atoms with Crippen molar-refractivity contribution in [1.29, 1.82) is 0 Å². The summed E-state index contributed by atoms with van der Waals surface area (Å²) in [5, 5.41) is 3.66. The van der Waals surface area contributed by atoms with Gasteiger partial charge in [-0.1, -0.05) is 18.2 Å². The number of rotatable bonds is 5. The molecule has 1 fully saturated rings. The Balaban J connectivity index is 1.39. The third kappa shape index (κ3) is 3.28. The van der Waals surface area contributed by atoms with E-state index in [2.05, 4.69) is 34.5 Å².